The number of halogens is 1. The zero-order valence-corrected chi connectivity index (χ0v) is 16.6. The van der Waals surface area contributed by atoms with Gasteiger partial charge in [0.2, 0.25) is 0 Å². The molecular formula is C22H14BrN3O3. The van der Waals surface area contributed by atoms with Crippen molar-refractivity contribution in [3.05, 3.63) is 109 Å². The van der Waals surface area contributed by atoms with Gasteiger partial charge in [-0.1, -0.05) is 46.3 Å². The Bertz CT molecular complexity index is 1310. The minimum absolute atomic E-state index is 0.0400. The molecule has 0 saturated carbocycles. The molecule has 0 aliphatic heterocycles. The molecule has 0 spiro atoms. The summed E-state index contributed by atoms with van der Waals surface area (Å²) >= 11 is 3.44. The Hall–Kier alpha value is -3.58. The number of fused-ring (bicyclic) bond motifs is 1. The van der Waals surface area contributed by atoms with E-state index in [1.54, 1.807) is 36.4 Å². The Balaban J connectivity index is 1.91. The number of hydrogen-bond donors (Lipinski definition) is 0. The summed E-state index contributed by atoms with van der Waals surface area (Å²) in [4.78, 5) is 28.3. The van der Waals surface area contributed by atoms with E-state index >= 15 is 0 Å². The summed E-state index contributed by atoms with van der Waals surface area (Å²) in [6.45, 7) is 0. The van der Waals surface area contributed by atoms with Crippen LogP contribution in [0.25, 0.3) is 28.7 Å². The predicted octanol–water partition coefficient (Wildman–Crippen LogP) is 5.23. The molecule has 0 radical (unpaired) electrons. The van der Waals surface area contributed by atoms with Crippen LogP contribution in [0.2, 0.25) is 0 Å². The summed E-state index contributed by atoms with van der Waals surface area (Å²) < 4.78 is 2.40. The molecule has 6 nitrogen and oxygen atoms in total. The van der Waals surface area contributed by atoms with E-state index in [0.29, 0.717) is 22.4 Å². The molecule has 1 aromatic heterocycles. The molecule has 0 aliphatic carbocycles. The minimum Gasteiger partial charge on any atom is -0.268 e. The number of nitro groups is 1. The Morgan fingerprint density at radius 1 is 0.966 bits per heavy atom. The van der Waals surface area contributed by atoms with Crippen LogP contribution in [0, 0.1) is 10.1 Å². The fraction of sp³-hybridized carbons (Fsp3) is 0. The third kappa shape index (κ3) is 3.86. The minimum atomic E-state index is -0.473. The van der Waals surface area contributed by atoms with E-state index in [1.807, 2.05) is 36.4 Å². The fourth-order valence-electron chi connectivity index (χ4n) is 3.02. The highest BCUT2D eigenvalue weighted by atomic mass is 79.9. The summed E-state index contributed by atoms with van der Waals surface area (Å²) in [6, 6.07) is 20.7. The van der Waals surface area contributed by atoms with Crippen molar-refractivity contribution < 1.29 is 4.92 Å². The summed E-state index contributed by atoms with van der Waals surface area (Å²) in [7, 11) is 0. The van der Waals surface area contributed by atoms with Crippen LogP contribution < -0.4 is 5.56 Å². The smallest absolute Gasteiger partial charge is 0.268 e. The average molecular weight is 448 g/mol. The van der Waals surface area contributed by atoms with Crippen molar-refractivity contribution in [1.82, 2.24) is 9.55 Å². The number of aromatic nitrogens is 2. The third-order valence-corrected chi connectivity index (χ3v) is 4.89. The number of benzene rings is 3. The zero-order chi connectivity index (χ0) is 20.4. The van der Waals surface area contributed by atoms with E-state index in [-0.39, 0.29) is 11.2 Å². The predicted molar refractivity (Wildman–Crippen MR) is 117 cm³/mol. The zero-order valence-electron chi connectivity index (χ0n) is 15.0. The highest BCUT2D eigenvalue weighted by molar-refractivity contribution is 9.10. The van der Waals surface area contributed by atoms with E-state index in [2.05, 4.69) is 20.9 Å². The lowest BCUT2D eigenvalue weighted by atomic mass is 10.2. The first kappa shape index (κ1) is 18.8. The molecule has 0 N–H and O–H groups in total. The Morgan fingerprint density at radius 3 is 2.45 bits per heavy atom. The van der Waals surface area contributed by atoms with Gasteiger partial charge in [-0.3, -0.25) is 19.5 Å². The average Bonchev–Trinajstić information content (AvgIpc) is 2.72. The first-order valence-corrected chi connectivity index (χ1v) is 9.52. The summed E-state index contributed by atoms with van der Waals surface area (Å²) in [5, 5.41) is 11.4. The summed E-state index contributed by atoms with van der Waals surface area (Å²) in [5.41, 5.74) is 1.76. The quantitative estimate of drug-likeness (QED) is 0.317. The summed E-state index contributed by atoms with van der Waals surface area (Å²) in [6.07, 6.45) is 3.63. The second-order valence-corrected chi connectivity index (χ2v) is 7.21. The van der Waals surface area contributed by atoms with Crippen LogP contribution in [-0.2, 0) is 0 Å². The normalized spacial score (nSPS) is 11.2. The van der Waals surface area contributed by atoms with Gasteiger partial charge in [0.15, 0.2) is 0 Å². The number of para-hydroxylation sites is 1. The van der Waals surface area contributed by atoms with Gasteiger partial charge in [0, 0.05) is 16.6 Å². The van der Waals surface area contributed by atoms with Gasteiger partial charge in [-0.15, -0.1) is 0 Å². The SMILES string of the molecule is O=c1c2ccccc2nc(C=Cc2cccc(Br)c2)n1-c1ccc([N+](=O)[O-])cc1. The molecule has 0 amide bonds. The van der Waals surface area contributed by atoms with Crippen molar-refractivity contribution in [2.24, 2.45) is 0 Å². The highest BCUT2D eigenvalue weighted by Crippen LogP contribution is 2.19. The standard InChI is InChI=1S/C22H14BrN3O3/c23-16-5-3-4-15(14-16)8-13-21-24-20-7-2-1-6-19(20)22(27)25(21)17-9-11-18(12-10-17)26(28)29/h1-14H. The molecule has 4 aromatic rings. The fourth-order valence-corrected chi connectivity index (χ4v) is 3.43. The van der Waals surface area contributed by atoms with Gasteiger partial charge in [-0.2, -0.15) is 0 Å². The Kier molecular flexibility index (Phi) is 5.05. The third-order valence-electron chi connectivity index (χ3n) is 4.39. The van der Waals surface area contributed by atoms with Crippen molar-refractivity contribution in [3.63, 3.8) is 0 Å². The molecular weight excluding hydrogens is 434 g/mol. The van der Waals surface area contributed by atoms with Crippen LogP contribution in [0.4, 0.5) is 5.69 Å². The maximum atomic E-state index is 13.2. The van der Waals surface area contributed by atoms with Crippen molar-refractivity contribution >= 4 is 44.7 Å². The lowest BCUT2D eigenvalue weighted by Gasteiger charge is -2.11. The van der Waals surface area contributed by atoms with E-state index in [0.717, 1.165) is 10.0 Å². The van der Waals surface area contributed by atoms with Gasteiger partial charge in [-0.05, 0) is 48.0 Å². The van der Waals surface area contributed by atoms with E-state index in [1.165, 1.54) is 16.7 Å². The lowest BCUT2D eigenvalue weighted by molar-refractivity contribution is -0.384. The van der Waals surface area contributed by atoms with Crippen LogP contribution in [-0.4, -0.2) is 14.5 Å². The van der Waals surface area contributed by atoms with Crippen molar-refractivity contribution in [1.29, 1.82) is 0 Å². The molecule has 0 unspecified atom stereocenters. The van der Waals surface area contributed by atoms with Crippen molar-refractivity contribution in [3.8, 4) is 5.69 Å². The molecule has 29 heavy (non-hydrogen) atoms. The molecule has 7 heteroatoms. The van der Waals surface area contributed by atoms with Crippen molar-refractivity contribution in [2.75, 3.05) is 0 Å². The van der Waals surface area contributed by atoms with Crippen LogP contribution in [0.1, 0.15) is 11.4 Å². The van der Waals surface area contributed by atoms with Gasteiger partial charge < -0.3 is 0 Å². The van der Waals surface area contributed by atoms with Crippen LogP contribution in [0.5, 0.6) is 0 Å². The van der Waals surface area contributed by atoms with Crippen LogP contribution in [0.3, 0.4) is 0 Å². The number of nitrogens with zero attached hydrogens (tertiary/aromatic N) is 3. The first-order valence-electron chi connectivity index (χ1n) is 8.73. The van der Waals surface area contributed by atoms with E-state index in [9.17, 15) is 14.9 Å². The second kappa shape index (κ2) is 7.81. The number of rotatable bonds is 4. The van der Waals surface area contributed by atoms with Gasteiger partial charge in [-0.25, -0.2) is 4.98 Å². The van der Waals surface area contributed by atoms with E-state index in [4.69, 9.17) is 0 Å². The molecule has 4 rings (SSSR count). The van der Waals surface area contributed by atoms with Crippen LogP contribution >= 0.6 is 15.9 Å². The second-order valence-electron chi connectivity index (χ2n) is 6.29. The molecule has 0 fully saturated rings. The van der Waals surface area contributed by atoms with Gasteiger partial charge in [0.05, 0.1) is 21.5 Å². The number of nitro benzene ring substituents is 1. The van der Waals surface area contributed by atoms with Gasteiger partial charge in [0.1, 0.15) is 5.82 Å². The maximum absolute atomic E-state index is 13.2. The molecule has 142 valence electrons. The Labute approximate surface area is 174 Å². The molecule has 0 atom stereocenters. The molecule has 3 aromatic carbocycles. The number of hydrogen-bond acceptors (Lipinski definition) is 4. The molecule has 0 saturated heterocycles. The monoisotopic (exact) mass is 447 g/mol. The van der Waals surface area contributed by atoms with Gasteiger partial charge in [0.25, 0.3) is 11.2 Å². The van der Waals surface area contributed by atoms with E-state index < -0.39 is 4.92 Å². The highest BCUT2D eigenvalue weighted by Gasteiger charge is 2.12. The Morgan fingerprint density at radius 2 is 1.72 bits per heavy atom. The van der Waals surface area contributed by atoms with Crippen LogP contribution in [0.15, 0.2) is 82.1 Å². The van der Waals surface area contributed by atoms with Crippen molar-refractivity contribution in [2.45, 2.75) is 0 Å². The molecule has 1 heterocycles. The lowest BCUT2D eigenvalue weighted by Crippen LogP contribution is -2.22. The number of non-ortho nitro benzene ring substituents is 1. The molecule has 0 bridgehead atoms. The molecule has 0 aliphatic rings. The maximum Gasteiger partial charge on any atom is 0.269 e. The first-order chi connectivity index (χ1) is 14.0. The van der Waals surface area contributed by atoms with Gasteiger partial charge >= 0.3 is 0 Å². The largest absolute Gasteiger partial charge is 0.269 e. The summed E-state index contributed by atoms with van der Waals surface area (Å²) in [5.74, 6) is 0.433. The topological polar surface area (TPSA) is 78.0 Å².